The molecule has 8 heavy (non-hydrogen) atoms. The third-order valence-electron chi connectivity index (χ3n) is 1.48. The van der Waals surface area contributed by atoms with Crippen molar-refractivity contribution in [2.45, 2.75) is 19.3 Å². The Morgan fingerprint density at radius 1 is 1.25 bits per heavy atom. The van der Waals surface area contributed by atoms with Gasteiger partial charge >= 0.3 is 0 Å². The molecule has 0 aliphatic carbocycles. The van der Waals surface area contributed by atoms with E-state index in [1.807, 2.05) is 12.1 Å². The Kier molecular flexibility index (Phi) is 2.30. The van der Waals surface area contributed by atoms with E-state index in [-0.39, 0.29) is 0 Å². The van der Waals surface area contributed by atoms with Crippen molar-refractivity contribution < 1.29 is 0 Å². The summed E-state index contributed by atoms with van der Waals surface area (Å²) < 4.78 is 0. The molecule has 0 atom stereocenters. The number of hydrogen-bond acceptors (Lipinski definition) is 1. The lowest BCUT2D eigenvalue weighted by Gasteiger charge is -2.09. The molecule has 0 aromatic rings. The van der Waals surface area contributed by atoms with Crippen molar-refractivity contribution in [3.05, 3.63) is 0 Å². The van der Waals surface area contributed by atoms with Crippen LogP contribution in [0.4, 0.5) is 0 Å². The molecule has 1 heterocycles. The zero-order chi connectivity index (χ0) is 5.82. The molecule has 1 aliphatic rings. The molecule has 2 nitrogen and oxygen atoms in total. The lowest BCUT2D eigenvalue weighted by Crippen LogP contribution is -2.26. The van der Waals surface area contributed by atoms with Gasteiger partial charge in [0.15, 0.2) is 0 Å². The fourth-order valence-electron chi connectivity index (χ4n) is 0.941. The highest BCUT2D eigenvalue weighted by molar-refractivity contribution is 4.53. The van der Waals surface area contributed by atoms with Gasteiger partial charge in [0.05, 0.1) is 0 Å². The van der Waals surface area contributed by atoms with Gasteiger partial charge in [0.25, 0.3) is 0 Å². The van der Waals surface area contributed by atoms with E-state index in [1.165, 1.54) is 19.3 Å². The van der Waals surface area contributed by atoms with Crippen LogP contribution in [0.5, 0.6) is 0 Å². The molecular formula is C6H13N2. The minimum absolute atomic E-state index is 1.04. The summed E-state index contributed by atoms with van der Waals surface area (Å²) in [7, 11) is 2.05. The standard InChI is InChI=1S/C6H13N2/c1-8-6-4-2-3-5-7-8/h2-6H2,1H3. The molecular weight excluding hydrogens is 100 g/mol. The second kappa shape index (κ2) is 3.05. The van der Waals surface area contributed by atoms with Gasteiger partial charge < -0.3 is 0 Å². The quantitative estimate of drug-likeness (QED) is 0.450. The van der Waals surface area contributed by atoms with E-state index >= 15 is 0 Å². The van der Waals surface area contributed by atoms with Gasteiger partial charge in [-0.25, -0.2) is 5.01 Å². The second-order valence-corrected chi connectivity index (χ2v) is 2.31. The Labute approximate surface area is 50.8 Å². The molecule has 2 heteroatoms. The van der Waals surface area contributed by atoms with Crippen molar-refractivity contribution in [1.29, 1.82) is 0 Å². The van der Waals surface area contributed by atoms with E-state index in [0.717, 1.165) is 13.1 Å². The van der Waals surface area contributed by atoms with E-state index < -0.39 is 0 Å². The molecule has 0 saturated carbocycles. The van der Waals surface area contributed by atoms with Crippen LogP contribution in [0.1, 0.15) is 19.3 Å². The minimum Gasteiger partial charge on any atom is -0.230 e. The van der Waals surface area contributed by atoms with Crippen molar-refractivity contribution in [2.24, 2.45) is 0 Å². The highest BCUT2D eigenvalue weighted by Crippen LogP contribution is 2.00. The lowest BCUT2D eigenvalue weighted by molar-refractivity contribution is 0.244. The van der Waals surface area contributed by atoms with E-state index in [4.69, 9.17) is 0 Å². The normalized spacial score (nSPS) is 25.1. The molecule has 1 aliphatic heterocycles. The van der Waals surface area contributed by atoms with E-state index in [1.54, 1.807) is 0 Å². The van der Waals surface area contributed by atoms with Gasteiger partial charge in [0.2, 0.25) is 0 Å². The van der Waals surface area contributed by atoms with Gasteiger partial charge in [0.1, 0.15) is 0 Å². The van der Waals surface area contributed by atoms with Gasteiger partial charge in [0, 0.05) is 20.1 Å². The summed E-state index contributed by atoms with van der Waals surface area (Å²) in [5, 5.41) is 2.05. The molecule has 0 spiro atoms. The molecule has 1 rings (SSSR count). The summed E-state index contributed by atoms with van der Waals surface area (Å²) >= 11 is 0. The van der Waals surface area contributed by atoms with Gasteiger partial charge in [-0.2, -0.15) is 5.43 Å². The molecule has 0 N–H and O–H groups in total. The number of nitrogens with zero attached hydrogens (tertiary/aromatic N) is 2. The van der Waals surface area contributed by atoms with Crippen LogP contribution in [-0.4, -0.2) is 25.1 Å². The van der Waals surface area contributed by atoms with Gasteiger partial charge in [-0.3, -0.25) is 0 Å². The third kappa shape index (κ3) is 1.80. The zero-order valence-corrected chi connectivity index (χ0v) is 5.43. The highest BCUT2D eigenvalue weighted by atomic mass is 15.5. The Balaban J connectivity index is 2.17. The topological polar surface area (TPSA) is 17.3 Å². The predicted molar refractivity (Wildman–Crippen MR) is 33.5 cm³/mol. The van der Waals surface area contributed by atoms with Crippen molar-refractivity contribution in [3.8, 4) is 0 Å². The second-order valence-electron chi connectivity index (χ2n) is 2.31. The Hall–Kier alpha value is -0.0800. The maximum Gasteiger partial charge on any atom is 0.0306 e. The maximum atomic E-state index is 4.26. The maximum absolute atomic E-state index is 4.26. The third-order valence-corrected chi connectivity index (χ3v) is 1.48. The molecule has 1 saturated heterocycles. The summed E-state index contributed by atoms with van der Waals surface area (Å²) in [6.45, 7) is 2.19. The van der Waals surface area contributed by atoms with Crippen LogP contribution in [0.25, 0.3) is 0 Å². The summed E-state index contributed by atoms with van der Waals surface area (Å²) in [5.74, 6) is 0. The first kappa shape index (κ1) is 6.05. The molecule has 47 valence electrons. The number of rotatable bonds is 0. The average Bonchev–Trinajstić information content (AvgIpc) is 1.94. The first-order valence-electron chi connectivity index (χ1n) is 3.28. The minimum atomic E-state index is 1.04. The first-order chi connectivity index (χ1) is 3.89. The lowest BCUT2D eigenvalue weighted by atomic mass is 10.2. The van der Waals surface area contributed by atoms with E-state index in [0.29, 0.717) is 0 Å². The first-order valence-corrected chi connectivity index (χ1v) is 3.28. The summed E-state index contributed by atoms with van der Waals surface area (Å²) in [6.07, 6.45) is 3.96. The predicted octanol–water partition coefficient (Wildman–Crippen LogP) is 0.621. The fraction of sp³-hybridized carbons (Fsp3) is 1.00. The van der Waals surface area contributed by atoms with Crippen LogP contribution >= 0.6 is 0 Å². The average molecular weight is 113 g/mol. The van der Waals surface area contributed by atoms with E-state index in [9.17, 15) is 0 Å². The molecule has 1 fully saturated rings. The van der Waals surface area contributed by atoms with Crippen molar-refractivity contribution in [2.75, 3.05) is 20.1 Å². The molecule has 1 radical (unpaired) electrons. The summed E-state index contributed by atoms with van der Waals surface area (Å²) in [5.41, 5.74) is 4.26. The van der Waals surface area contributed by atoms with Gasteiger partial charge in [-0.05, 0) is 12.8 Å². The smallest absolute Gasteiger partial charge is 0.0306 e. The highest BCUT2D eigenvalue weighted by Gasteiger charge is 2.02. The van der Waals surface area contributed by atoms with Crippen molar-refractivity contribution in [1.82, 2.24) is 10.4 Å². The van der Waals surface area contributed by atoms with Crippen LogP contribution in [-0.2, 0) is 0 Å². The van der Waals surface area contributed by atoms with Crippen LogP contribution < -0.4 is 5.43 Å². The van der Waals surface area contributed by atoms with Gasteiger partial charge in [-0.1, -0.05) is 6.42 Å². The molecule has 0 amide bonds. The fourth-order valence-corrected chi connectivity index (χ4v) is 0.941. The van der Waals surface area contributed by atoms with E-state index in [2.05, 4.69) is 5.43 Å². The Morgan fingerprint density at radius 2 is 2.12 bits per heavy atom. The summed E-state index contributed by atoms with van der Waals surface area (Å²) in [4.78, 5) is 0. The van der Waals surface area contributed by atoms with Crippen molar-refractivity contribution in [3.63, 3.8) is 0 Å². The molecule has 0 bridgehead atoms. The Bertz CT molecular complexity index is 55.5. The summed E-state index contributed by atoms with van der Waals surface area (Å²) in [6, 6.07) is 0. The van der Waals surface area contributed by atoms with Crippen LogP contribution in [0, 0.1) is 0 Å². The zero-order valence-electron chi connectivity index (χ0n) is 5.43. The molecule has 0 aromatic heterocycles. The van der Waals surface area contributed by atoms with Crippen molar-refractivity contribution >= 4 is 0 Å². The number of hydrogen-bond donors (Lipinski definition) is 0. The van der Waals surface area contributed by atoms with Crippen LogP contribution in [0.2, 0.25) is 0 Å². The SMILES string of the molecule is CN1CCCCC[N]1. The van der Waals surface area contributed by atoms with Crippen LogP contribution in [0.15, 0.2) is 0 Å². The van der Waals surface area contributed by atoms with Gasteiger partial charge in [-0.15, -0.1) is 0 Å². The monoisotopic (exact) mass is 113 g/mol. The molecule has 0 unspecified atom stereocenters. The molecule has 0 aromatic carbocycles. The van der Waals surface area contributed by atoms with Crippen LogP contribution in [0.3, 0.4) is 0 Å². The Morgan fingerprint density at radius 3 is 3.00 bits per heavy atom. The largest absolute Gasteiger partial charge is 0.230 e.